The van der Waals surface area contributed by atoms with Crippen molar-refractivity contribution in [2.24, 2.45) is 0 Å². The normalized spacial score (nSPS) is 15.5. The number of hydrogen-bond donors (Lipinski definition) is 2. The van der Waals surface area contributed by atoms with Crippen LogP contribution in [0.15, 0.2) is 46.9 Å². The highest BCUT2D eigenvalue weighted by molar-refractivity contribution is 9.10. The Bertz CT molecular complexity index is 713. The van der Waals surface area contributed by atoms with E-state index >= 15 is 0 Å². The summed E-state index contributed by atoms with van der Waals surface area (Å²) in [7, 11) is 0. The third-order valence-electron chi connectivity index (χ3n) is 3.75. The maximum Gasteiger partial charge on any atom is 0.254 e. The van der Waals surface area contributed by atoms with Crippen LogP contribution >= 0.6 is 15.9 Å². The number of benzene rings is 2. The summed E-state index contributed by atoms with van der Waals surface area (Å²) in [4.78, 5) is 12.4. The maximum absolute atomic E-state index is 13.9. The van der Waals surface area contributed by atoms with Crippen molar-refractivity contribution in [3.63, 3.8) is 0 Å². The van der Waals surface area contributed by atoms with E-state index in [1.807, 2.05) is 0 Å². The van der Waals surface area contributed by atoms with Gasteiger partial charge in [0, 0.05) is 15.7 Å². The molecule has 1 saturated carbocycles. The molecule has 5 heteroatoms. The average Bonchev–Trinajstić information content (AvgIpc) is 3.22. The van der Waals surface area contributed by atoms with Crippen molar-refractivity contribution < 1.29 is 9.18 Å². The first-order valence-electron chi connectivity index (χ1n) is 6.64. The molecule has 0 radical (unpaired) electrons. The molecule has 1 aliphatic carbocycles. The van der Waals surface area contributed by atoms with Gasteiger partial charge in [-0.2, -0.15) is 0 Å². The van der Waals surface area contributed by atoms with Gasteiger partial charge in [0.25, 0.3) is 5.91 Å². The lowest BCUT2D eigenvalue weighted by Gasteiger charge is -2.19. The lowest BCUT2D eigenvalue weighted by molar-refractivity contribution is 0.0931. The number of halogens is 2. The summed E-state index contributed by atoms with van der Waals surface area (Å²) in [5, 5.41) is 2.93. The quantitative estimate of drug-likeness (QED) is 0.832. The number of carbonyl (C=O) groups excluding carboxylic acids is 1. The van der Waals surface area contributed by atoms with Crippen LogP contribution in [0.2, 0.25) is 0 Å². The van der Waals surface area contributed by atoms with Gasteiger partial charge in [0.1, 0.15) is 5.82 Å². The number of carbonyl (C=O) groups is 1. The van der Waals surface area contributed by atoms with E-state index in [2.05, 4.69) is 21.2 Å². The SMILES string of the molecule is Nc1ccc(Br)cc1C(=O)NC1(c2ccccc2F)CC1. The molecule has 0 spiro atoms. The molecule has 3 nitrogen and oxygen atoms in total. The molecule has 0 bridgehead atoms. The Morgan fingerprint density at radius 3 is 2.62 bits per heavy atom. The van der Waals surface area contributed by atoms with Crippen LogP contribution in [0.4, 0.5) is 10.1 Å². The van der Waals surface area contributed by atoms with Crippen LogP contribution in [0, 0.1) is 5.82 Å². The fourth-order valence-corrected chi connectivity index (χ4v) is 2.81. The van der Waals surface area contributed by atoms with Gasteiger partial charge in [0.05, 0.1) is 11.1 Å². The highest BCUT2D eigenvalue weighted by Gasteiger charge is 2.47. The van der Waals surface area contributed by atoms with E-state index in [4.69, 9.17) is 5.73 Å². The lowest BCUT2D eigenvalue weighted by Crippen LogP contribution is -2.35. The van der Waals surface area contributed by atoms with Crippen molar-refractivity contribution in [3.05, 3.63) is 63.9 Å². The van der Waals surface area contributed by atoms with E-state index in [-0.39, 0.29) is 11.7 Å². The highest BCUT2D eigenvalue weighted by atomic mass is 79.9. The van der Waals surface area contributed by atoms with Gasteiger partial charge in [0.15, 0.2) is 0 Å². The molecule has 2 aromatic rings. The van der Waals surface area contributed by atoms with Crippen LogP contribution in [0.1, 0.15) is 28.8 Å². The van der Waals surface area contributed by atoms with Gasteiger partial charge in [-0.25, -0.2) is 4.39 Å². The summed E-state index contributed by atoms with van der Waals surface area (Å²) in [6.07, 6.45) is 1.46. The number of nitrogen functional groups attached to an aromatic ring is 1. The molecular weight excluding hydrogens is 335 g/mol. The van der Waals surface area contributed by atoms with Crippen molar-refractivity contribution in [3.8, 4) is 0 Å². The minimum absolute atomic E-state index is 0.283. The number of hydrogen-bond acceptors (Lipinski definition) is 2. The number of nitrogens with one attached hydrogen (secondary N) is 1. The fourth-order valence-electron chi connectivity index (χ4n) is 2.45. The van der Waals surface area contributed by atoms with Gasteiger partial charge in [-0.1, -0.05) is 34.1 Å². The van der Waals surface area contributed by atoms with Crippen LogP contribution in [0.25, 0.3) is 0 Å². The van der Waals surface area contributed by atoms with E-state index in [0.29, 0.717) is 16.8 Å². The van der Waals surface area contributed by atoms with Crippen molar-refractivity contribution in [1.82, 2.24) is 5.32 Å². The first kappa shape index (κ1) is 14.1. The topological polar surface area (TPSA) is 55.1 Å². The Kier molecular flexibility index (Phi) is 3.45. The minimum atomic E-state index is -0.600. The standard InChI is InChI=1S/C16H14BrFN2O/c17-10-5-6-14(19)11(9-10)15(21)20-16(7-8-16)12-3-1-2-4-13(12)18/h1-6,9H,7-8,19H2,(H,20,21). The van der Waals surface area contributed by atoms with Gasteiger partial charge in [-0.15, -0.1) is 0 Å². The largest absolute Gasteiger partial charge is 0.398 e. The second-order valence-corrected chi connectivity index (χ2v) is 6.16. The Morgan fingerprint density at radius 2 is 1.95 bits per heavy atom. The van der Waals surface area contributed by atoms with Crippen LogP contribution < -0.4 is 11.1 Å². The van der Waals surface area contributed by atoms with Crippen LogP contribution in [0.5, 0.6) is 0 Å². The summed E-state index contributed by atoms with van der Waals surface area (Å²) in [5.74, 6) is -0.577. The number of anilines is 1. The fraction of sp³-hybridized carbons (Fsp3) is 0.188. The summed E-state index contributed by atoms with van der Waals surface area (Å²) in [5.41, 5.74) is 6.57. The van der Waals surface area contributed by atoms with Gasteiger partial charge in [-0.05, 0) is 37.1 Å². The monoisotopic (exact) mass is 348 g/mol. The van der Waals surface area contributed by atoms with Crippen molar-refractivity contribution in [2.45, 2.75) is 18.4 Å². The molecule has 0 unspecified atom stereocenters. The van der Waals surface area contributed by atoms with Gasteiger partial charge >= 0.3 is 0 Å². The molecule has 3 rings (SSSR count). The molecule has 0 atom stereocenters. The molecule has 1 amide bonds. The van der Waals surface area contributed by atoms with E-state index in [1.165, 1.54) is 6.07 Å². The summed E-state index contributed by atoms with van der Waals surface area (Å²) < 4.78 is 14.7. The van der Waals surface area contributed by atoms with Crippen molar-refractivity contribution in [2.75, 3.05) is 5.73 Å². The van der Waals surface area contributed by atoms with Gasteiger partial charge < -0.3 is 11.1 Å². The smallest absolute Gasteiger partial charge is 0.254 e. The third kappa shape index (κ3) is 2.65. The van der Waals surface area contributed by atoms with Gasteiger partial charge in [0.2, 0.25) is 0 Å². The molecular formula is C16H14BrFN2O. The molecule has 21 heavy (non-hydrogen) atoms. The molecule has 1 fully saturated rings. The van der Waals surface area contributed by atoms with E-state index < -0.39 is 5.54 Å². The van der Waals surface area contributed by atoms with Crippen molar-refractivity contribution >= 4 is 27.5 Å². The Hall–Kier alpha value is -1.88. The van der Waals surface area contributed by atoms with Crippen LogP contribution in [-0.4, -0.2) is 5.91 Å². The van der Waals surface area contributed by atoms with Crippen LogP contribution in [0.3, 0.4) is 0 Å². The number of nitrogens with two attached hydrogens (primary N) is 1. The van der Waals surface area contributed by atoms with Crippen LogP contribution in [-0.2, 0) is 5.54 Å². The van der Waals surface area contributed by atoms with E-state index in [0.717, 1.165) is 17.3 Å². The summed E-state index contributed by atoms with van der Waals surface area (Å²) in [6, 6.07) is 11.7. The van der Waals surface area contributed by atoms with Gasteiger partial charge in [-0.3, -0.25) is 4.79 Å². The predicted molar refractivity (Wildman–Crippen MR) is 83.3 cm³/mol. The molecule has 108 valence electrons. The first-order chi connectivity index (χ1) is 10.0. The van der Waals surface area contributed by atoms with E-state index in [1.54, 1.807) is 36.4 Å². The minimum Gasteiger partial charge on any atom is -0.398 e. The first-order valence-corrected chi connectivity index (χ1v) is 7.44. The Labute approximate surface area is 130 Å². The Balaban J connectivity index is 1.88. The molecule has 3 N–H and O–H groups in total. The number of rotatable bonds is 3. The third-order valence-corrected chi connectivity index (χ3v) is 4.25. The van der Waals surface area contributed by atoms with E-state index in [9.17, 15) is 9.18 Å². The zero-order chi connectivity index (χ0) is 15.0. The second kappa shape index (κ2) is 5.15. The zero-order valence-electron chi connectivity index (χ0n) is 11.2. The summed E-state index contributed by atoms with van der Waals surface area (Å²) in [6.45, 7) is 0. The predicted octanol–water partition coefficient (Wildman–Crippen LogP) is 3.59. The molecule has 2 aromatic carbocycles. The zero-order valence-corrected chi connectivity index (χ0v) is 12.8. The van der Waals surface area contributed by atoms with Crippen molar-refractivity contribution in [1.29, 1.82) is 0 Å². The lowest BCUT2D eigenvalue weighted by atomic mass is 10.0. The molecule has 1 aliphatic rings. The average molecular weight is 349 g/mol. The maximum atomic E-state index is 13.9. The second-order valence-electron chi connectivity index (χ2n) is 5.25. The molecule has 0 saturated heterocycles. The molecule has 0 aromatic heterocycles. The highest BCUT2D eigenvalue weighted by Crippen LogP contribution is 2.46. The number of amides is 1. The molecule has 0 aliphatic heterocycles. The summed E-state index contributed by atoms with van der Waals surface area (Å²) >= 11 is 3.32. The Morgan fingerprint density at radius 1 is 1.24 bits per heavy atom. The molecule has 0 heterocycles.